The molecule has 0 amide bonds. The van der Waals surface area contributed by atoms with Gasteiger partial charge in [-0.1, -0.05) is 0 Å². The van der Waals surface area contributed by atoms with Crippen molar-refractivity contribution in [2.45, 2.75) is 30.2 Å². The van der Waals surface area contributed by atoms with E-state index >= 15 is 0 Å². The number of carbonyl (C=O) groups is 3. The molecule has 0 bridgehead atoms. The van der Waals surface area contributed by atoms with Crippen molar-refractivity contribution >= 4 is 41.0 Å². The molecule has 0 aromatic rings. The van der Waals surface area contributed by atoms with E-state index in [1.807, 2.05) is 0 Å². The van der Waals surface area contributed by atoms with E-state index < -0.39 is 28.3 Å². The zero-order valence-corrected chi connectivity index (χ0v) is 11.4. The molecule has 0 saturated heterocycles. The Morgan fingerprint density at radius 3 is 2.18 bits per heavy atom. The summed E-state index contributed by atoms with van der Waals surface area (Å²) < 4.78 is 25.4. The minimum Gasteiger partial charge on any atom is -0.464 e. The average Bonchev–Trinajstić information content (AvgIpc) is 2.19. The van der Waals surface area contributed by atoms with Gasteiger partial charge in [0.1, 0.15) is 6.61 Å². The summed E-state index contributed by atoms with van der Waals surface area (Å²) in [7, 11) is 0. The smallest absolute Gasteiger partial charge is 0.303 e. The Kier molecular flexibility index (Phi) is 7.75. The first kappa shape index (κ1) is 16.1. The van der Waals surface area contributed by atoms with Gasteiger partial charge in [-0.2, -0.15) is 0 Å². The predicted molar refractivity (Wildman–Crippen MR) is 62.0 cm³/mol. The number of ether oxygens (including phenoxy) is 3. The molecule has 0 fully saturated rings. The van der Waals surface area contributed by atoms with Gasteiger partial charge in [-0.05, 0) is 22.6 Å². The molecule has 0 radical (unpaired) electrons. The lowest BCUT2D eigenvalue weighted by molar-refractivity contribution is -0.172. The first-order chi connectivity index (χ1) is 7.88. The summed E-state index contributed by atoms with van der Waals surface area (Å²) in [6.45, 7) is 1.95. The number of esters is 2. The lowest BCUT2D eigenvalue weighted by atomic mass is 10.2. The Bertz CT molecular complexity index is 283. The van der Waals surface area contributed by atoms with Gasteiger partial charge in [0, 0.05) is 13.8 Å². The van der Waals surface area contributed by atoms with Crippen molar-refractivity contribution < 1.29 is 33.0 Å². The molecule has 0 aliphatic carbocycles. The van der Waals surface area contributed by atoms with Gasteiger partial charge in [-0.25, -0.2) is 4.39 Å². The van der Waals surface area contributed by atoms with E-state index in [1.54, 1.807) is 0 Å². The average molecular weight is 362 g/mol. The first-order valence-corrected chi connectivity index (χ1v) is 5.80. The molecule has 0 heterocycles. The van der Waals surface area contributed by atoms with Gasteiger partial charge in [-0.15, -0.1) is 0 Å². The van der Waals surface area contributed by atoms with Crippen LogP contribution in [0.5, 0.6) is 0 Å². The zero-order chi connectivity index (χ0) is 13.4. The van der Waals surface area contributed by atoms with Crippen LogP contribution < -0.4 is 0 Å². The van der Waals surface area contributed by atoms with Gasteiger partial charge < -0.3 is 14.2 Å². The third-order valence-electron chi connectivity index (χ3n) is 1.56. The SMILES string of the molecule is CC(=O)O[C@H]([C@H](F)I)[C@H](COC=O)OC(C)=O. The van der Waals surface area contributed by atoms with Crippen LogP contribution in [-0.2, 0) is 28.6 Å². The maximum absolute atomic E-state index is 13.2. The molecule has 0 aromatic heterocycles. The number of hydrogen-bond donors (Lipinski definition) is 0. The molecule has 0 rings (SSSR count). The molecule has 0 aliphatic rings. The highest BCUT2D eigenvalue weighted by atomic mass is 127. The van der Waals surface area contributed by atoms with Crippen LogP contribution in [-0.4, -0.2) is 41.4 Å². The van der Waals surface area contributed by atoms with E-state index in [0.29, 0.717) is 0 Å². The van der Waals surface area contributed by atoms with E-state index in [9.17, 15) is 18.8 Å². The lowest BCUT2D eigenvalue weighted by Crippen LogP contribution is -2.42. The first-order valence-electron chi connectivity index (χ1n) is 4.56. The second-order valence-corrected chi connectivity index (χ2v) is 4.18. The molecule has 0 aliphatic heterocycles. The monoisotopic (exact) mass is 362 g/mol. The molecule has 0 saturated carbocycles. The molecule has 8 heteroatoms. The van der Waals surface area contributed by atoms with Crippen LogP contribution in [0.4, 0.5) is 4.39 Å². The highest BCUT2D eigenvalue weighted by molar-refractivity contribution is 14.1. The van der Waals surface area contributed by atoms with Gasteiger partial charge in [0.15, 0.2) is 16.4 Å². The second kappa shape index (κ2) is 8.20. The third kappa shape index (κ3) is 7.08. The Labute approximate surface area is 111 Å². The summed E-state index contributed by atoms with van der Waals surface area (Å²) in [4.78, 5) is 31.6. The minimum absolute atomic E-state index is 0.127. The standard InChI is InChI=1S/C9H12FIO6/c1-5(13)16-7(3-15-4-12)8(9(10)11)17-6(2)14/h4,7-9H,3H2,1-2H3/t7-,8-,9+/m0/s1. The zero-order valence-electron chi connectivity index (χ0n) is 9.22. The molecule has 98 valence electrons. The van der Waals surface area contributed by atoms with E-state index in [2.05, 4.69) is 9.47 Å². The fourth-order valence-corrected chi connectivity index (χ4v) is 1.63. The molecule has 0 spiro atoms. The summed E-state index contributed by atoms with van der Waals surface area (Å²) in [5, 5.41) is 0. The van der Waals surface area contributed by atoms with Crippen LogP contribution in [0.2, 0.25) is 0 Å². The topological polar surface area (TPSA) is 78.9 Å². The molecular weight excluding hydrogens is 350 g/mol. The van der Waals surface area contributed by atoms with Crippen LogP contribution in [0.3, 0.4) is 0 Å². The Balaban J connectivity index is 4.71. The van der Waals surface area contributed by atoms with Crippen LogP contribution in [0.25, 0.3) is 0 Å². The van der Waals surface area contributed by atoms with Gasteiger partial charge in [-0.3, -0.25) is 14.4 Å². The Morgan fingerprint density at radius 2 is 1.82 bits per heavy atom. The third-order valence-corrected chi connectivity index (χ3v) is 2.27. The molecule has 0 N–H and O–H groups in total. The fourth-order valence-electron chi connectivity index (χ4n) is 1.02. The quantitative estimate of drug-likeness (QED) is 0.219. The largest absolute Gasteiger partial charge is 0.464 e. The minimum atomic E-state index is -1.60. The van der Waals surface area contributed by atoms with Crippen molar-refractivity contribution in [3.8, 4) is 0 Å². The molecule has 17 heavy (non-hydrogen) atoms. The second-order valence-electron chi connectivity index (χ2n) is 2.99. The van der Waals surface area contributed by atoms with Crippen LogP contribution >= 0.6 is 22.6 Å². The summed E-state index contributed by atoms with van der Waals surface area (Å²) in [5.41, 5.74) is 0. The van der Waals surface area contributed by atoms with E-state index in [-0.39, 0.29) is 13.1 Å². The lowest BCUT2D eigenvalue weighted by Gasteiger charge is -2.25. The Morgan fingerprint density at radius 1 is 1.29 bits per heavy atom. The van der Waals surface area contributed by atoms with E-state index in [4.69, 9.17) is 4.74 Å². The maximum atomic E-state index is 13.2. The van der Waals surface area contributed by atoms with Crippen molar-refractivity contribution in [2.24, 2.45) is 0 Å². The van der Waals surface area contributed by atoms with Crippen LogP contribution in [0.1, 0.15) is 13.8 Å². The van der Waals surface area contributed by atoms with Crippen LogP contribution in [0.15, 0.2) is 0 Å². The van der Waals surface area contributed by atoms with Crippen molar-refractivity contribution in [3.63, 3.8) is 0 Å². The summed E-state index contributed by atoms with van der Waals surface area (Å²) >= 11 is 1.37. The molecule has 3 atom stereocenters. The Hall–Kier alpha value is -0.930. The van der Waals surface area contributed by atoms with Crippen LogP contribution in [0, 0.1) is 0 Å². The summed E-state index contributed by atoms with van der Waals surface area (Å²) in [6, 6.07) is 0. The van der Waals surface area contributed by atoms with Crippen molar-refractivity contribution in [1.29, 1.82) is 0 Å². The number of carbonyl (C=O) groups excluding carboxylic acids is 3. The normalized spacial score (nSPS) is 15.3. The van der Waals surface area contributed by atoms with Crippen molar-refractivity contribution in [2.75, 3.05) is 6.61 Å². The highest BCUT2D eigenvalue weighted by Crippen LogP contribution is 2.18. The number of alkyl halides is 2. The van der Waals surface area contributed by atoms with Gasteiger partial charge >= 0.3 is 11.9 Å². The van der Waals surface area contributed by atoms with Crippen molar-refractivity contribution in [3.05, 3.63) is 0 Å². The number of halogens is 2. The number of hydrogen-bond acceptors (Lipinski definition) is 6. The van der Waals surface area contributed by atoms with Gasteiger partial charge in [0.2, 0.25) is 0 Å². The summed E-state index contributed by atoms with van der Waals surface area (Å²) in [5.74, 6) is -1.42. The van der Waals surface area contributed by atoms with Gasteiger partial charge in [0.05, 0.1) is 0 Å². The van der Waals surface area contributed by atoms with E-state index in [0.717, 1.165) is 13.8 Å². The van der Waals surface area contributed by atoms with E-state index in [1.165, 1.54) is 22.6 Å². The molecule has 6 nitrogen and oxygen atoms in total. The maximum Gasteiger partial charge on any atom is 0.303 e. The highest BCUT2D eigenvalue weighted by Gasteiger charge is 2.34. The molecular formula is C9H12FIO6. The predicted octanol–water partition coefficient (Wildman–Crippen LogP) is 0.753. The van der Waals surface area contributed by atoms with Crippen molar-refractivity contribution in [1.82, 2.24) is 0 Å². The van der Waals surface area contributed by atoms with Gasteiger partial charge in [0.25, 0.3) is 6.47 Å². The molecule has 0 unspecified atom stereocenters. The summed E-state index contributed by atoms with van der Waals surface area (Å²) in [6.07, 6.45) is -2.49. The fraction of sp³-hybridized carbons (Fsp3) is 0.667. The molecule has 0 aromatic carbocycles. The number of rotatable bonds is 7.